The number of ether oxygens (including phenoxy) is 1. The Morgan fingerprint density at radius 2 is 2.17 bits per heavy atom. The van der Waals surface area contributed by atoms with Crippen LogP contribution in [0.25, 0.3) is 0 Å². The van der Waals surface area contributed by atoms with Crippen molar-refractivity contribution in [1.82, 2.24) is 10.2 Å². The Morgan fingerprint density at radius 3 is 2.78 bits per heavy atom. The molecule has 5 nitrogen and oxygen atoms in total. The van der Waals surface area contributed by atoms with E-state index in [9.17, 15) is 4.39 Å². The number of nitriles is 1. The quantitative estimate of drug-likeness (QED) is 0.828. The monoisotopic (exact) mass is 247 g/mol. The van der Waals surface area contributed by atoms with Gasteiger partial charge in [-0.3, -0.25) is 0 Å². The van der Waals surface area contributed by atoms with Crippen LogP contribution in [0.15, 0.2) is 22.6 Å². The molecule has 0 unspecified atom stereocenters. The van der Waals surface area contributed by atoms with Crippen molar-refractivity contribution in [2.45, 2.75) is 20.0 Å². The van der Waals surface area contributed by atoms with Crippen molar-refractivity contribution in [1.29, 1.82) is 5.26 Å². The van der Waals surface area contributed by atoms with Gasteiger partial charge in [0.05, 0.1) is 11.6 Å². The minimum Gasteiger partial charge on any atom is -0.481 e. The van der Waals surface area contributed by atoms with E-state index < -0.39 is 5.82 Å². The van der Waals surface area contributed by atoms with Crippen LogP contribution in [0.3, 0.4) is 0 Å². The second kappa shape index (κ2) is 5.27. The van der Waals surface area contributed by atoms with Crippen LogP contribution in [0.4, 0.5) is 4.39 Å². The van der Waals surface area contributed by atoms with Crippen LogP contribution in [-0.2, 0) is 13.0 Å². The standard InChI is InChI=1S/C12H10FN3O2/c1-2-11-15-16-12(18-11)7-17-10-4-3-8(6-14)5-9(10)13/h3-5H,2,7H2,1H3. The fraction of sp³-hybridized carbons (Fsp3) is 0.250. The van der Waals surface area contributed by atoms with E-state index in [1.807, 2.05) is 13.0 Å². The van der Waals surface area contributed by atoms with Crippen LogP contribution in [-0.4, -0.2) is 10.2 Å². The SMILES string of the molecule is CCc1nnc(COc2ccc(C#N)cc2F)o1. The normalized spacial score (nSPS) is 10.1. The number of hydrogen-bond donors (Lipinski definition) is 0. The molecule has 2 aromatic rings. The van der Waals surface area contributed by atoms with Gasteiger partial charge in [-0.1, -0.05) is 6.92 Å². The minimum absolute atomic E-state index is 0.00415. The molecule has 0 bridgehead atoms. The van der Waals surface area contributed by atoms with Crippen molar-refractivity contribution in [2.24, 2.45) is 0 Å². The molecular weight excluding hydrogens is 237 g/mol. The summed E-state index contributed by atoms with van der Waals surface area (Å²) in [6, 6.07) is 5.82. The largest absolute Gasteiger partial charge is 0.481 e. The summed E-state index contributed by atoms with van der Waals surface area (Å²) in [7, 11) is 0. The number of aryl methyl sites for hydroxylation is 1. The van der Waals surface area contributed by atoms with E-state index in [4.69, 9.17) is 14.4 Å². The lowest BCUT2D eigenvalue weighted by atomic mass is 10.2. The van der Waals surface area contributed by atoms with E-state index in [0.29, 0.717) is 12.3 Å². The number of benzene rings is 1. The van der Waals surface area contributed by atoms with E-state index in [1.54, 1.807) is 0 Å². The van der Waals surface area contributed by atoms with Gasteiger partial charge in [-0.05, 0) is 18.2 Å². The highest BCUT2D eigenvalue weighted by molar-refractivity contribution is 5.35. The minimum atomic E-state index is -0.593. The molecule has 0 atom stereocenters. The molecular formula is C12H10FN3O2. The third kappa shape index (κ3) is 2.63. The molecule has 0 aliphatic heterocycles. The molecule has 1 aromatic heterocycles. The predicted molar refractivity (Wildman–Crippen MR) is 59.1 cm³/mol. The molecule has 0 amide bonds. The van der Waals surface area contributed by atoms with Crippen LogP contribution in [0.2, 0.25) is 0 Å². The lowest BCUT2D eigenvalue weighted by Gasteiger charge is -2.04. The molecule has 1 heterocycles. The van der Waals surface area contributed by atoms with Crippen molar-refractivity contribution >= 4 is 0 Å². The Bertz CT molecular complexity index is 589. The number of halogens is 1. The first-order valence-corrected chi connectivity index (χ1v) is 5.36. The van der Waals surface area contributed by atoms with Gasteiger partial charge >= 0.3 is 0 Å². The third-order valence-electron chi connectivity index (χ3n) is 2.22. The summed E-state index contributed by atoms with van der Waals surface area (Å²) < 4.78 is 23.9. The molecule has 2 rings (SSSR count). The molecule has 1 aromatic carbocycles. The molecule has 0 radical (unpaired) electrons. The number of nitrogens with zero attached hydrogens (tertiary/aromatic N) is 3. The zero-order valence-electron chi connectivity index (χ0n) is 9.68. The van der Waals surface area contributed by atoms with E-state index in [-0.39, 0.29) is 23.8 Å². The van der Waals surface area contributed by atoms with Gasteiger partial charge in [-0.2, -0.15) is 5.26 Å². The van der Waals surface area contributed by atoms with Crippen LogP contribution in [0, 0.1) is 17.1 Å². The molecule has 0 fully saturated rings. The fourth-order valence-corrected chi connectivity index (χ4v) is 1.32. The molecule has 0 N–H and O–H groups in total. The highest BCUT2D eigenvalue weighted by Gasteiger charge is 2.08. The number of rotatable bonds is 4. The molecule has 0 saturated carbocycles. The van der Waals surface area contributed by atoms with Gasteiger partial charge in [0.1, 0.15) is 0 Å². The number of aromatic nitrogens is 2. The Balaban J connectivity index is 2.04. The summed E-state index contributed by atoms with van der Waals surface area (Å²) in [5.41, 5.74) is 0.242. The first-order chi connectivity index (χ1) is 8.72. The summed E-state index contributed by atoms with van der Waals surface area (Å²) in [5, 5.41) is 16.1. The topological polar surface area (TPSA) is 71.9 Å². The lowest BCUT2D eigenvalue weighted by Crippen LogP contribution is -1.98. The fourth-order valence-electron chi connectivity index (χ4n) is 1.32. The highest BCUT2D eigenvalue weighted by atomic mass is 19.1. The Kier molecular flexibility index (Phi) is 3.53. The van der Waals surface area contributed by atoms with Crippen molar-refractivity contribution in [3.63, 3.8) is 0 Å². The second-order valence-corrected chi connectivity index (χ2v) is 3.49. The van der Waals surface area contributed by atoms with Crippen molar-refractivity contribution in [3.05, 3.63) is 41.4 Å². The summed E-state index contributed by atoms with van der Waals surface area (Å²) in [6.45, 7) is 1.88. The number of hydrogen-bond acceptors (Lipinski definition) is 5. The van der Waals surface area contributed by atoms with E-state index >= 15 is 0 Å². The summed E-state index contributed by atoms with van der Waals surface area (Å²) >= 11 is 0. The second-order valence-electron chi connectivity index (χ2n) is 3.49. The molecule has 0 aliphatic rings. The maximum Gasteiger partial charge on any atom is 0.253 e. The Morgan fingerprint density at radius 1 is 1.39 bits per heavy atom. The van der Waals surface area contributed by atoms with Gasteiger partial charge < -0.3 is 9.15 Å². The molecule has 18 heavy (non-hydrogen) atoms. The van der Waals surface area contributed by atoms with Crippen LogP contribution in [0.5, 0.6) is 5.75 Å². The third-order valence-corrected chi connectivity index (χ3v) is 2.22. The van der Waals surface area contributed by atoms with Crippen LogP contribution >= 0.6 is 0 Å². The first-order valence-electron chi connectivity index (χ1n) is 5.36. The summed E-state index contributed by atoms with van der Waals surface area (Å²) in [4.78, 5) is 0. The summed E-state index contributed by atoms with van der Waals surface area (Å²) in [6.07, 6.45) is 0.637. The molecule has 0 aliphatic carbocycles. The van der Waals surface area contributed by atoms with Gasteiger partial charge in [0.15, 0.2) is 18.2 Å². The zero-order valence-corrected chi connectivity index (χ0v) is 9.68. The average Bonchev–Trinajstić information content (AvgIpc) is 2.85. The van der Waals surface area contributed by atoms with Gasteiger partial charge in [-0.25, -0.2) is 4.39 Å². The molecule has 0 saturated heterocycles. The molecule has 0 spiro atoms. The zero-order chi connectivity index (χ0) is 13.0. The van der Waals surface area contributed by atoms with Crippen LogP contribution < -0.4 is 4.74 Å². The van der Waals surface area contributed by atoms with Gasteiger partial charge in [0, 0.05) is 6.42 Å². The maximum atomic E-state index is 13.5. The van der Waals surface area contributed by atoms with E-state index in [1.165, 1.54) is 12.1 Å². The maximum absolute atomic E-state index is 13.5. The molecule has 6 heteroatoms. The Hall–Kier alpha value is -2.42. The van der Waals surface area contributed by atoms with Crippen molar-refractivity contribution in [2.75, 3.05) is 0 Å². The first kappa shape index (κ1) is 12.0. The van der Waals surface area contributed by atoms with E-state index in [2.05, 4.69) is 10.2 Å². The Labute approximate surface area is 103 Å². The predicted octanol–water partition coefficient (Wildman–Crippen LogP) is 2.22. The van der Waals surface area contributed by atoms with Crippen molar-refractivity contribution in [3.8, 4) is 11.8 Å². The van der Waals surface area contributed by atoms with Crippen LogP contribution in [0.1, 0.15) is 24.3 Å². The smallest absolute Gasteiger partial charge is 0.253 e. The highest BCUT2D eigenvalue weighted by Crippen LogP contribution is 2.19. The van der Waals surface area contributed by atoms with Gasteiger partial charge in [0.25, 0.3) is 5.89 Å². The van der Waals surface area contributed by atoms with Gasteiger partial charge in [-0.15, -0.1) is 10.2 Å². The van der Waals surface area contributed by atoms with Crippen molar-refractivity contribution < 1.29 is 13.5 Å². The summed E-state index contributed by atoms with van der Waals surface area (Å²) in [5.74, 6) is 0.249. The van der Waals surface area contributed by atoms with Gasteiger partial charge in [0.2, 0.25) is 5.89 Å². The van der Waals surface area contributed by atoms with E-state index in [0.717, 1.165) is 6.07 Å². The lowest BCUT2D eigenvalue weighted by molar-refractivity contribution is 0.248. The molecule has 92 valence electrons. The average molecular weight is 247 g/mol.